The summed E-state index contributed by atoms with van der Waals surface area (Å²) in [5, 5.41) is 4.23. The molecule has 1 fully saturated rings. The fourth-order valence-corrected chi connectivity index (χ4v) is 3.09. The predicted molar refractivity (Wildman–Crippen MR) is 67.4 cm³/mol. The number of hydrogen-bond acceptors (Lipinski definition) is 2. The van der Waals surface area contributed by atoms with Gasteiger partial charge in [0.25, 0.3) is 0 Å². The van der Waals surface area contributed by atoms with Gasteiger partial charge in [-0.2, -0.15) is 0 Å². The first-order valence-corrected chi connectivity index (χ1v) is 6.64. The maximum Gasteiger partial charge on any atom is 0.0331 e. The standard InChI is InChI=1S/C13H19NS/c1-10(2)15-13-8-4-3-6-11(13)12-7-5-9-14-12/h3-4,6,8,10,12,14H,5,7,9H2,1-2H3/t12-/m0/s1. The minimum Gasteiger partial charge on any atom is -0.310 e. The average Bonchev–Trinajstić information content (AvgIpc) is 2.70. The van der Waals surface area contributed by atoms with Crippen LogP contribution in [-0.2, 0) is 0 Å². The summed E-state index contributed by atoms with van der Waals surface area (Å²) in [5.41, 5.74) is 1.49. The summed E-state index contributed by atoms with van der Waals surface area (Å²) in [5.74, 6) is 0. The zero-order valence-corrected chi connectivity index (χ0v) is 10.3. The van der Waals surface area contributed by atoms with Crippen molar-refractivity contribution in [2.45, 2.75) is 42.9 Å². The van der Waals surface area contributed by atoms with Crippen LogP contribution in [0.4, 0.5) is 0 Å². The number of rotatable bonds is 3. The molecule has 1 atom stereocenters. The van der Waals surface area contributed by atoms with Gasteiger partial charge in [-0.3, -0.25) is 0 Å². The molecule has 0 amide bonds. The number of benzene rings is 1. The van der Waals surface area contributed by atoms with Crippen LogP contribution >= 0.6 is 11.8 Å². The van der Waals surface area contributed by atoms with Gasteiger partial charge in [0.1, 0.15) is 0 Å². The summed E-state index contributed by atoms with van der Waals surface area (Å²) in [6.07, 6.45) is 2.60. The Bertz CT molecular complexity index is 316. The van der Waals surface area contributed by atoms with Crippen LogP contribution in [0, 0.1) is 0 Å². The first kappa shape index (κ1) is 11.0. The SMILES string of the molecule is CC(C)Sc1ccccc1[C@@H]1CCCN1. The maximum absolute atomic E-state index is 3.57. The molecule has 0 radical (unpaired) electrons. The highest BCUT2D eigenvalue weighted by molar-refractivity contribution is 8.00. The molecule has 1 heterocycles. The summed E-state index contributed by atoms with van der Waals surface area (Å²) in [7, 11) is 0. The largest absolute Gasteiger partial charge is 0.310 e. The minimum atomic E-state index is 0.590. The van der Waals surface area contributed by atoms with Crippen LogP contribution in [0.25, 0.3) is 0 Å². The summed E-state index contributed by atoms with van der Waals surface area (Å²) >= 11 is 1.97. The highest BCUT2D eigenvalue weighted by Crippen LogP contribution is 2.33. The molecule has 0 bridgehead atoms. The Morgan fingerprint density at radius 3 is 2.80 bits per heavy atom. The molecule has 1 aliphatic heterocycles. The Morgan fingerprint density at radius 2 is 2.13 bits per heavy atom. The van der Waals surface area contributed by atoms with Crippen molar-refractivity contribution in [3.8, 4) is 0 Å². The molecule has 0 unspecified atom stereocenters. The monoisotopic (exact) mass is 221 g/mol. The van der Waals surface area contributed by atoms with Crippen molar-refractivity contribution < 1.29 is 0 Å². The van der Waals surface area contributed by atoms with E-state index < -0.39 is 0 Å². The first-order valence-electron chi connectivity index (χ1n) is 5.76. The zero-order chi connectivity index (χ0) is 10.7. The zero-order valence-electron chi connectivity index (χ0n) is 9.49. The summed E-state index contributed by atoms with van der Waals surface area (Å²) in [6.45, 7) is 5.68. The smallest absolute Gasteiger partial charge is 0.0331 e. The molecule has 2 heteroatoms. The lowest BCUT2D eigenvalue weighted by Crippen LogP contribution is -2.13. The number of hydrogen-bond donors (Lipinski definition) is 1. The highest BCUT2D eigenvalue weighted by Gasteiger charge is 2.19. The molecule has 1 saturated heterocycles. The minimum absolute atomic E-state index is 0.590. The molecule has 1 aliphatic rings. The van der Waals surface area contributed by atoms with E-state index >= 15 is 0 Å². The van der Waals surface area contributed by atoms with Crippen LogP contribution in [0.5, 0.6) is 0 Å². The third-order valence-corrected chi connectivity index (χ3v) is 3.81. The van der Waals surface area contributed by atoms with E-state index in [1.807, 2.05) is 11.8 Å². The van der Waals surface area contributed by atoms with E-state index in [1.165, 1.54) is 29.8 Å². The van der Waals surface area contributed by atoms with Gasteiger partial charge >= 0.3 is 0 Å². The summed E-state index contributed by atoms with van der Waals surface area (Å²) in [4.78, 5) is 1.45. The van der Waals surface area contributed by atoms with Crippen molar-refractivity contribution in [3.05, 3.63) is 29.8 Å². The van der Waals surface area contributed by atoms with E-state index in [-0.39, 0.29) is 0 Å². The fourth-order valence-electron chi connectivity index (χ4n) is 2.08. The molecular formula is C13H19NS. The fraction of sp³-hybridized carbons (Fsp3) is 0.538. The Labute approximate surface area is 96.7 Å². The van der Waals surface area contributed by atoms with Gasteiger partial charge in [0.05, 0.1) is 0 Å². The highest BCUT2D eigenvalue weighted by atomic mass is 32.2. The van der Waals surface area contributed by atoms with E-state index in [0.29, 0.717) is 11.3 Å². The molecule has 1 aromatic rings. The van der Waals surface area contributed by atoms with Crippen molar-refractivity contribution >= 4 is 11.8 Å². The second kappa shape index (κ2) is 5.04. The van der Waals surface area contributed by atoms with Gasteiger partial charge in [0, 0.05) is 16.2 Å². The van der Waals surface area contributed by atoms with Gasteiger partial charge in [-0.05, 0) is 31.0 Å². The van der Waals surface area contributed by atoms with Crippen LogP contribution in [0.15, 0.2) is 29.2 Å². The van der Waals surface area contributed by atoms with Crippen molar-refractivity contribution in [2.75, 3.05) is 6.54 Å². The van der Waals surface area contributed by atoms with Crippen molar-refractivity contribution in [1.29, 1.82) is 0 Å². The third kappa shape index (κ3) is 2.76. The second-order valence-corrected chi connectivity index (χ2v) is 5.97. The molecule has 0 aromatic heterocycles. The van der Waals surface area contributed by atoms with Crippen molar-refractivity contribution in [1.82, 2.24) is 5.32 Å². The van der Waals surface area contributed by atoms with Gasteiger partial charge in [0.15, 0.2) is 0 Å². The Balaban J connectivity index is 2.20. The molecule has 1 aromatic carbocycles. The van der Waals surface area contributed by atoms with Crippen LogP contribution in [0.2, 0.25) is 0 Å². The van der Waals surface area contributed by atoms with Gasteiger partial charge in [0.2, 0.25) is 0 Å². The average molecular weight is 221 g/mol. The normalized spacial score (nSPS) is 21.1. The van der Waals surface area contributed by atoms with Gasteiger partial charge in [-0.15, -0.1) is 11.8 Å². The second-order valence-electron chi connectivity index (χ2n) is 4.35. The maximum atomic E-state index is 3.57. The van der Waals surface area contributed by atoms with E-state index in [0.717, 1.165) is 0 Å². The molecule has 0 spiro atoms. The van der Waals surface area contributed by atoms with Crippen LogP contribution < -0.4 is 5.32 Å². The summed E-state index contributed by atoms with van der Waals surface area (Å²) in [6, 6.07) is 9.41. The summed E-state index contributed by atoms with van der Waals surface area (Å²) < 4.78 is 0. The molecule has 82 valence electrons. The van der Waals surface area contributed by atoms with Crippen LogP contribution in [-0.4, -0.2) is 11.8 Å². The van der Waals surface area contributed by atoms with E-state index in [2.05, 4.69) is 43.4 Å². The molecule has 0 aliphatic carbocycles. The lowest BCUT2D eigenvalue weighted by Gasteiger charge is -2.16. The topological polar surface area (TPSA) is 12.0 Å². The molecular weight excluding hydrogens is 202 g/mol. The lowest BCUT2D eigenvalue weighted by molar-refractivity contribution is 0.636. The van der Waals surface area contributed by atoms with Gasteiger partial charge in [-0.25, -0.2) is 0 Å². The van der Waals surface area contributed by atoms with Crippen molar-refractivity contribution in [3.63, 3.8) is 0 Å². The Hall–Kier alpha value is -0.470. The molecule has 0 saturated carbocycles. The molecule has 1 nitrogen and oxygen atoms in total. The third-order valence-electron chi connectivity index (χ3n) is 2.72. The predicted octanol–water partition coefficient (Wildman–Crippen LogP) is 3.61. The van der Waals surface area contributed by atoms with Crippen molar-refractivity contribution in [2.24, 2.45) is 0 Å². The number of thioether (sulfide) groups is 1. The van der Waals surface area contributed by atoms with E-state index in [4.69, 9.17) is 0 Å². The first-order chi connectivity index (χ1) is 7.27. The lowest BCUT2D eigenvalue weighted by atomic mass is 10.1. The van der Waals surface area contributed by atoms with Crippen LogP contribution in [0.1, 0.15) is 38.3 Å². The molecule has 2 rings (SSSR count). The van der Waals surface area contributed by atoms with E-state index in [1.54, 1.807) is 0 Å². The quantitative estimate of drug-likeness (QED) is 0.783. The Kier molecular flexibility index (Phi) is 3.71. The van der Waals surface area contributed by atoms with Crippen LogP contribution in [0.3, 0.4) is 0 Å². The Morgan fingerprint density at radius 1 is 1.33 bits per heavy atom. The van der Waals surface area contributed by atoms with Gasteiger partial charge < -0.3 is 5.32 Å². The number of nitrogens with one attached hydrogen (secondary N) is 1. The van der Waals surface area contributed by atoms with E-state index in [9.17, 15) is 0 Å². The molecule has 1 N–H and O–H groups in total. The van der Waals surface area contributed by atoms with Gasteiger partial charge in [-0.1, -0.05) is 32.0 Å². The molecule has 15 heavy (non-hydrogen) atoms.